The van der Waals surface area contributed by atoms with Crippen molar-refractivity contribution in [2.75, 3.05) is 13.1 Å². The number of ketones is 1. The van der Waals surface area contributed by atoms with E-state index < -0.39 is 42.8 Å². The maximum absolute atomic E-state index is 11.9. The molecule has 44 heavy (non-hydrogen) atoms. The van der Waals surface area contributed by atoms with E-state index in [2.05, 4.69) is 0 Å². The molecule has 0 fully saturated rings. The second kappa shape index (κ2) is 26.1. The van der Waals surface area contributed by atoms with Crippen LogP contribution in [0.3, 0.4) is 0 Å². The Labute approximate surface area is 259 Å². The van der Waals surface area contributed by atoms with Crippen LogP contribution in [0.2, 0.25) is 0 Å². The monoisotopic (exact) mass is 624 g/mol. The summed E-state index contributed by atoms with van der Waals surface area (Å²) in [6, 6.07) is 0. The van der Waals surface area contributed by atoms with E-state index in [-0.39, 0.29) is 24.6 Å². The lowest BCUT2D eigenvalue weighted by Gasteiger charge is -2.21. The van der Waals surface area contributed by atoms with Crippen LogP contribution in [-0.4, -0.2) is 96.9 Å². The molecule has 1 amide bonds. The van der Waals surface area contributed by atoms with Gasteiger partial charge in [0.25, 0.3) is 5.91 Å². The van der Waals surface area contributed by atoms with Crippen LogP contribution >= 0.6 is 0 Å². The third-order valence-corrected chi connectivity index (χ3v) is 6.49. The summed E-state index contributed by atoms with van der Waals surface area (Å²) in [5, 5.41) is 67.3. The number of carbonyl (C=O) groups excluding carboxylic acids is 2. The summed E-state index contributed by atoms with van der Waals surface area (Å²) in [5.41, 5.74) is 5.15. The maximum atomic E-state index is 11.9. The number of nitrogens with zero attached hydrogens (tertiary/aromatic N) is 1. The molecule has 10 N–H and O–H groups in total. The highest BCUT2D eigenvalue weighted by Gasteiger charge is 2.27. The SMILES string of the molecule is N=C(N)N(O)CCCCC/C=C/C=CC(=O)CCC/C=C/C=C/CCCC[C@@H](O)C[C@@H](O)C[C@H](O)[C@H](O)C(=O)NCC(=O)O. The van der Waals surface area contributed by atoms with E-state index in [1.54, 1.807) is 12.2 Å². The summed E-state index contributed by atoms with van der Waals surface area (Å²) in [7, 11) is 0. The van der Waals surface area contributed by atoms with Gasteiger partial charge in [-0.2, -0.15) is 0 Å². The maximum Gasteiger partial charge on any atom is 0.322 e. The number of amides is 1. The molecule has 0 spiro atoms. The summed E-state index contributed by atoms with van der Waals surface area (Å²) in [5.74, 6) is -2.62. The second-order valence-electron chi connectivity index (χ2n) is 10.5. The molecule has 0 radical (unpaired) electrons. The number of nitrogens with one attached hydrogen (secondary N) is 2. The number of hydrogen-bond donors (Lipinski definition) is 9. The highest BCUT2D eigenvalue weighted by atomic mass is 16.5. The molecule has 0 unspecified atom stereocenters. The number of carboxylic acids is 1. The van der Waals surface area contributed by atoms with Crippen molar-refractivity contribution in [2.45, 2.75) is 108 Å². The van der Waals surface area contributed by atoms with E-state index in [0.717, 1.165) is 62.9 Å². The molecule has 0 bridgehead atoms. The summed E-state index contributed by atoms with van der Waals surface area (Å²) >= 11 is 0. The van der Waals surface area contributed by atoms with Crippen molar-refractivity contribution in [3.63, 3.8) is 0 Å². The van der Waals surface area contributed by atoms with Gasteiger partial charge in [0.2, 0.25) is 5.96 Å². The van der Waals surface area contributed by atoms with Crippen LogP contribution in [0, 0.1) is 5.41 Å². The predicted octanol–water partition coefficient (Wildman–Crippen LogP) is 2.08. The van der Waals surface area contributed by atoms with Crippen LogP contribution in [0.4, 0.5) is 0 Å². The topological polar surface area (TPSA) is 238 Å². The van der Waals surface area contributed by atoms with Gasteiger partial charge < -0.3 is 36.6 Å². The Morgan fingerprint density at radius 3 is 2.00 bits per heavy atom. The largest absolute Gasteiger partial charge is 0.480 e. The minimum Gasteiger partial charge on any atom is -0.480 e. The number of aliphatic hydroxyl groups is 4. The Morgan fingerprint density at radius 2 is 1.39 bits per heavy atom. The highest BCUT2D eigenvalue weighted by molar-refractivity contribution is 5.89. The Morgan fingerprint density at radius 1 is 0.795 bits per heavy atom. The van der Waals surface area contributed by atoms with Gasteiger partial charge in [0.05, 0.1) is 18.3 Å². The number of nitrogens with two attached hydrogens (primary N) is 1. The molecule has 0 saturated carbocycles. The number of guanidine groups is 1. The van der Waals surface area contributed by atoms with Crippen molar-refractivity contribution < 1.29 is 45.1 Å². The van der Waals surface area contributed by atoms with E-state index in [0.29, 0.717) is 19.4 Å². The minimum atomic E-state index is -1.88. The Bertz CT molecular complexity index is 952. The number of carboxylic acid groups (broad SMARTS) is 1. The van der Waals surface area contributed by atoms with Crippen LogP contribution in [0.15, 0.2) is 48.6 Å². The third-order valence-electron chi connectivity index (χ3n) is 6.49. The van der Waals surface area contributed by atoms with Gasteiger partial charge in [-0.15, -0.1) is 0 Å². The first-order valence-electron chi connectivity index (χ1n) is 15.1. The molecule has 4 atom stereocenters. The average Bonchev–Trinajstić information content (AvgIpc) is 2.96. The number of unbranched alkanes of at least 4 members (excludes halogenated alkanes) is 6. The minimum absolute atomic E-state index is 0.0231. The van der Waals surface area contributed by atoms with Gasteiger partial charge in [-0.1, -0.05) is 55.4 Å². The molecule has 0 saturated heterocycles. The molecule has 0 rings (SSSR count). The van der Waals surface area contributed by atoms with Crippen LogP contribution in [0.5, 0.6) is 0 Å². The molecule has 0 heterocycles. The van der Waals surface area contributed by atoms with Gasteiger partial charge in [-0.25, -0.2) is 5.06 Å². The van der Waals surface area contributed by atoms with Crippen molar-refractivity contribution >= 4 is 23.6 Å². The highest BCUT2D eigenvalue weighted by Crippen LogP contribution is 2.14. The summed E-state index contributed by atoms with van der Waals surface area (Å²) in [6.45, 7) is -0.354. The number of allylic oxidation sites excluding steroid dienone is 8. The van der Waals surface area contributed by atoms with Crippen molar-refractivity contribution in [1.29, 1.82) is 5.41 Å². The molecule has 0 aromatic carbocycles. The smallest absolute Gasteiger partial charge is 0.322 e. The van der Waals surface area contributed by atoms with Crippen LogP contribution < -0.4 is 11.1 Å². The van der Waals surface area contributed by atoms with Crippen LogP contribution in [0.25, 0.3) is 0 Å². The number of aliphatic carboxylic acids is 1. The first-order chi connectivity index (χ1) is 20.9. The van der Waals surface area contributed by atoms with Gasteiger partial charge in [0.15, 0.2) is 11.9 Å². The molecule has 0 aromatic rings. The van der Waals surface area contributed by atoms with Crippen molar-refractivity contribution in [2.24, 2.45) is 5.73 Å². The fourth-order valence-electron chi connectivity index (χ4n) is 4.01. The van der Waals surface area contributed by atoms with Gasteiger partial charge in [0.1, 0.15) is 6.54 Å². The summed E-state index contributed by atoms with van der Waals surface area (Å²) in [6.07, 6.45) is 17.6. The predicted molar refractivity (Wildman–Crippen MR) is 167 cm³/mol. The molecule has 13 heteroatoms. The molecule has 0 aromatic heterocycles. The van der Waals surface area contributed by atoms with Crippen molar-refractivity contribution in [3.8, 4) is 0 Å². The van der Waals surface area contributed by atoms with Crippen LogP contribution in [-0.2, 0) is 14.4 Å². The molecule has 13 nitrogen and oxygen atoms in total. The van der Waals surface area contributed by atoms with Gasteiger partial charge in [0, 0.05) is 19.4 Å². The normalized spacial score (nSPS) is 14.8. The molecule has 0 aliphatic rings. The number of carbonyl (C=O) groups is 3. The Hall–Kier alpha value is -3.36. The standard InChI is InChI=1S/C31H52N4O9/c32-31(33)35(44)20-16-12-8-4-7-10-14-18-24(36)17-13-9-5-2-1-3-6-11-15-19-25(37)21-26(38)22-27(39)29(42)30(43)34-23-28(40)41/h1-3,5,7,10,14,18,25-27,29,37-39,42,44H,4,6,8-9,11-13,15-17,19-23H2,(H3,32,33)(H,34,43)(H,40,41)/b3-1+,5-2+,10-7+,18-14?/t25-,26-,27+,29+/m1/s1. The van der Waals surface area contributed by atoms with E-state index in [4.69, 9.17) is 16.2 Å². The first-order valence-corrected chi connectivity index (χ1v) is 15.1. The van der Waals surface area contributed by atoms with E-state index in [1.165, 1.54) is 0 Å². The van der Waals surface area contributed by atoms with E-state index in [1.807, 2.05) is 41.8 Å². The molecule has 0 aliphatic heterocycles. The zero-order chi connectivity index (χ0) is 33.2. The second-order valence-corrected chi connectivity index (χ2v) is 10.5. The summed E-state index contributed by atoms with van der Waals surface area (Å²) in [4.78, 5) is 33.9. The van der Waals surface area contributed by atoms with Crippen molar-refractivity contribution in [1.82, 2.24) is 10.4 Å². The lowest BCUT2D eigenvalue weighted by atomic mass is 9.99. The van der Waals surface area contributed by atoms with Crippen LogP contribution in [0.1, 0.15) is 83.5 Å². The average molecular weight is 625 g/mol. The number of rotatable bonds is 26. The number of hydroxylamine groups is 2. The zero-order valence-electron chi connectivity index (χ0n) is 25.5. The zero-order valence-corrected chi connectivity index (χ0v) is 25.5. The van der Waals surface area contributed by atoms with E-state index in [9.17, 15) is 40.0 Å². The Kier molecular flexibility index (Phi) is 24.1. The summed E-state index contributed by atoms with van der Waals surface area (Å²) < 4.78 is 0. The fraction of sp³-hybridized carbons (Fsp3) is 0.613. The van der Waals surface area contributed by atoms with E-state index >= 15 is 0 Å². The quantitative estimate of drug-likeness (QED) is 0.0169. The molecular formula is C31H52N4O9. The first kappa shape index (κ1) is 40.6. The van der Waals surface area contributed by atoms with Crippen molar-refractivity contribution in [3.05, 3.63) is 48.6 Å². The lowest BCUT2D eigenvalue weighted by molar-refractivity contribution is -0.142. The lowest BCUT2D eigenvalue weighted by Crippen LogP contribution is -2.45. The van der Waals surface area contributed by atoms with Gasteiger partial charge >= 0.3 is 5.97 Å². The fourth-order valence-corrected chi connectivity index (χ4v) is 4.01. The number of aliphatic hydroxyl groups excluding tert-OH is 4. The van der Waals surface area contributed by atoms with Gasteiger partial charge in [-0.3, -0.25) is 25.0 Å². The molecular weight excluding hydrogens is 572 g/mol. The number of hydrogen-bond acceptors (Lipinski definition) is 9. The third kappa shape index (κ3) is 24.1. The Balaban J connectivity index is 3.85. The molecule has 250 valence electrons. The molecule has 0 aliphatic carbocycles. The van der Waals surface area contributed by atoms with Gasteiger partial charge in [-0.05, 0) is 63.9 Å².